The van der Waals surface area contributed by atoms with E-state index in [1.807, 2.05) is 24.3 Å². The topological polar surface area (TPSA) is 72.1 Å². The fraction of sp³-hybridized carbons (Fsp3) is 0.409. The molecule has 2 aromatic carbocycles. The summed E-state index contributed by atoms with van der Waals surface area (Å²) in [5.41, 5.74) is 8.15. The number of guanidine groups is 1. The van der Waals surface area contributed by atoms with Crippen LogP contribution < -0.4 is 15.8 Å². The number of ether oxygens (including phenoxy) is 2. The normalized spacial score (nSPS) is 19.8. The van der Waals surface area contributed by atoms with Gasteiger partial charge in [-0.1, -0.05) is 36.4 Å². The fourth-order valence-corrected chi connectivity index (χ4v) is 3.65. The maximum Gasteiger partial charge on any atom is 0.573 e. The Morgan fingerprint density at radius 2 is 1.69 bits per heavy atom. The van der Waals surface area contributed by atoms with Crippen molar-refractivity contribution in [2.45, 2.75) is 45.5 Å². The standard InChI is InChI=1S/C22H27F3N4O2.HI/c1-15-12-29(13-16(2)30-15)14-18-8-4-3-7-17(18)11-27-21(26)28-19-9-5-6-10-20(19)31-22(23,24)25;/h3-10,15-16H,11-14H2,1-2H3,(H3,26,27,28);1H. The molecule has 0 bridgehead atoms. The number of nitrogens with one attached hydrogen (secondary N) is 1. The Hall–Kier alpha value is -2.05. The average molecular weight is 564 g/mol. The number of halogens is 4. The van der Waals surface area contributed by atoms with Gasteiger partial charge in [0.25, 0.3) is 0 Å². The summed E-state index contributed by atoms with van der Waals surface area (Å²) in [6, 6.07) is 13.6. The lowest BCUT2D eigenvalue weighted by atomic mass is 10.1. The predicted molar refractivity (Wildman–Crippen MR) is 129 cm³/mol. The molecule has 6 nitrogen and oxygen atoms in total. The van der Waals surface area contributed by atoms with Crippen molar-refractivity contribution in [2.75, 3.05) is 18.4 Å². The molecule has 0 aliphatic carbocycles. The lowest BCUT2D eigenvalue weighted by Crippen LogP contribution is -2.44. The smallest absolute Gasteiger partial charge is 0.404 e. The van der Waals surface area contributed by atoms with Crippen molar-refractivity contribution in [3.63, 3.8) is 0 Å². The maximum atomic E-state index is 12.6. The van der Waals surface area contributed by atoms with E-state index in [1.165, 1.54) is 18.2 Å². The molecule has 0 aromatic heterocycles. The predicted octanol–water partition coefficient (Wildman–Crippen LogP) is 4.74. The number of hydrogen-bond acceptors (Lipinski definition) is 4. The largest absolute Gasteiger partial charge is 0.573 e. The summed E-state index contributed by atoms with van der Waals surface area (Å²) in [6.45, 7) is 6.88. The second-order valence-electron chi connectivity index (χ2n) is 7.59. The van der Waals surface area contributed by atoms with Crippen LogP contribution in [0.5, 0.6) is 5.75 Å². The van der Waals surface area contributed by atoms with E-state index in [0.717, 1.165) is 30.8 Å². The molecule has 1 saturated heterocycles. The van der Waals surface area contributed by atoms with Gasteiger partial charge in [-0.15, -0.1) is 37.1 Å². The Labute approximate surface area is 203 Å². The molecule has 0 radical (unpaired) electrons. The van der Waals surface area contributed by atoms with E-state index in [4.69, 9.17) is 10.5 Å². The number of para-hydroxylation sites is 2. The van der Waals surface area contributed by atoms with Crippen LogP contribution in [-0.2, 0) is 17.8 Å². The minimum atomic E-state index is -4.79. The van der Waals surface area contributed by atoms with Crippen LogP contribution in [-0.4, -0.2) is 42.5 Å². The summed E-state index contributed by atoms with van der Waals surface area (Å²) in [5, 5.41) is 2.69. The SMILES string of the molecule is CC1CN(Cc2ccccc2CN=C(N)Nc2ccccc2OC(F)(F)F)CC(C)O1.I. The van der Waals surface area contributed by atoms with E-state index < -0.39 is 6.36 Å². The number of benzene rings is 2. The molecule has 1 heterocycles. The summed E-state index contributed by atoms with van der Waals surface area (Å²) in [5.74, 6) is -0.370. The lowest BCUT2D eigenvalue weighted by molar-refractivity contribution is -0.274. The van der Waals surface area contributed by atoms with Gasteiger partial charge in [-0.05, 0) is 37.1 Å². The summed E-state index contributed by atoms with van der Waals surface area (Å²) in [4.78, 5) is 6.66. The highest BCUT2D eigenvalue weighted by Crippen LogP contribution is 2.29. The van der Waals surface area contributed by atoms with E-state index in [2.05, 4.69) is 33.8 Å². The Bertz CT molecular complexity index is 901. The maximum absolute atomic E-state index is 12.6. The summed E-state index contributed by atoms with van der Waals surface area (Å²) >= 11 is 0. The van der Waals surface area contributed by atoms with Gasteiger partial charge in [0, 0.05) is 19.6 Å². The third-order valence-corrected chi connectivity index (χ3v) is 4.80. The molecular weight excluding hydrogens is 536 g/mol. The first-order valence-electron chi connectivity index (χ1n) is 10.1. The number of nitrogens with zero attached hydrogens (tertiary/aromatic N) is 2. The third kappa shape index (κ3) is 8.14. The number of morpholine rings is 1. The van der Waals surface area contributed by atoms with Crippen LogP contribution in [0.1, 0.15) is 25.0 Å². The lowest BCUT2D eigenvalue weighted by Gasteiger charge is -2.35. The first-order chi connectivity index (χ1) is 14.7. The van der Waals surface area contributed by atoms with E-state index in [9.17, 15) is 13.2 Å². The van der Waals surface area contributed by atoms with Gasteiger partial charge in [-0.2, -0.15) is 0 Å². The fourth-order valence-electron chi connectivity index (χ4n) is 3.65. The molecule has 3 rings (SSSR count). The Kier molecular flexibility index (Phi) is 9.59. The molecule has 1 fully saturated rings. The molecule has 0 spiro atoms. The molecule has 10 heteroatoms. The minimum Gasteiger partial charge on any atom is -0.404 e. The summed E-state index contributed by atoms with van der Waals surface area (Å²) < 4.78 is 47.6. The summed E-state index contributed by atoms with van der Waals surface area (Å²) in [6.07, 6.45) is -4.45. The van der Waals surface area contributed by atoms with E-state index in [1.54, 1.807) is 6.07 Å². The monoisotopic (exact) mass is 564 g/mol. The Balaban J connectivity index is 0.00000363. The van der Waals surface area contributed by atoms with Crippen LogP contribution in [0.15, 0.2) is 53.5 Å². The zero-order valence-corrected chi connectivity index (χ0v) is 20.3. The number of anilines is 1. The molecule has 32 heavy (non-hydrogen) atoms. The van der Waals surface area contributed by atoms with Crippen LogP contribution in [0, 0.1) is 0 Å². The van der Waals surface area contributed by atoms with Crippen molar-refractivity contribution < 1.29 is 22.6 Å². The first-order valence-corrected chi connectivity index (χ1v) is 10.1. The number of rotatable bonds is 6. The second-order valence-corrected chi connectivity index (χ2v) is 7.59. The van der Waals surface area contributed by atoms with E-state index in [-0.39, 0.29) is 53.6 Å². The van der Waals surface area contributed by atoms with Crippen molar-refractivity contribution in [3.8, 4) is 5.75 Å². The average Bonchev–Trinajstić information content (AvgIpc) is 2.67. The van der Waals surface area contributed by atoms with Crippen molar-refractivity contribution in [1.29, 1.82) is 0 Å². The number of hydrogen-bond donors (Lipinski definition) is 2. The molecule has 176 valence electrons. The van der Waals surface area contributed by atoms with Gasteiger partial charge >= 0.3 is 6.36 Å². The molecule has 1 aliphatic rings. The van der Waals surface area contributed by atoms with Gasteiger partial charge < -0.3 is 20.5 Å². The van der Waals surface area contributed by atoms with E-state index in [0.29, 0.717) is 6.54 Å². The number of nitrogens with two attached hydrogens (primary N) is 1. The Morgan fingerprint density at radius 1 is 1.09 bits per heavy atom. The first kappa shape index (κ1) is 26.2. The van der Waals surface area contributed by atoms with Gasteiger partial charge in [-0.3, -0.25) is 4.90 Å². The molecular formula is C22H28F3IN4O2. The molecule has 0 amide bonds. The zero-order chi connectivity index (χ0) is 22.4. The van der Waals surface area contributed by atoms with E-state index >= 15 is 0 Å². The molecule has 3 N–H and O–H groups in total. The van der Waals surface area contributed by atoms with Crippen molar-refractivity contribution >= 4 is 35.6 Å². The minimum absolute atomic E-state index is 0. The highest BCUT2D eigenvalue weighted by atomic mass is 127. The highest BCUT2D eigenvalue weighted by molar-refractivity contribution is 14.0. The number of alkyl halides is 3. The quantitative estimate of drug-likeness (QED) is 0.302. The van der Waals surface area contributed by atoms with Gasteiger partial charge in [-0.25, -0.2) is 4.99 Å². The van der Waals surface area contributed by atoms with Crippen LogP contribution in [0.3, 0.4) is 0 Å². The summed E-state index contributed by atoms with van der Waals surface area (Å²) in [7, 11) is 0. The van der Waals surface area contributed by atoms with Crippen LogP contribution in [0.2, 0.25) is 0 Å². The van der Waals surface area contributed by atoms with Crippen LogP contribution >= 0.6 is 24.0 Å². The van der Waals surface area contributed by atoms with Gasteiger partial charge in [0.15, 0.2) is 11.7 Å². The van der Waals surface area contributed by atoms with Crippen molar-refractivity contribution in [2.24, 2.45) is 10.7 Å². The van der Waals surface area contributed by atoms with Gasteiger partial charge in [0.2, 0.25) is 0 Å². The zero-order valence-electron chi connectivity index (χ0n) is 17.9. The van der Waals surface area contributed by atoms with Gasteiger partial charge in [0.1, 0.15) is 0 Å². The molecule has 2 aromatic rings. The van der Waals surface area contributed by atoms with Crippen LogP contribution in [0.4, 0.5) is 18.9 Å². The third-order valence-electron chi connectivity index (χ3n) is 4.80. The van der Waals surface area contributed by atoms with Gasteiger partial charge in [0.05, 0.1) is 24.4 Å². The van der Waals surface area contributed by atoms with Crippen LogP contribution in [0.25, 0.3) is 0 Å². The highest BCUT2D eigenvalue weighted by Gasteiger charge is 2.32. The van der Waals surface area contributed by atoms with Crippen molar-refractivity contribution in [1.82, 2.24) is 4.90 Å². The van der Waals surface area contributed by atoms with Crippen molar-refractivity contribution in [3.05, 3.63) is 59.7 Å². The Morgan fingerprint density at radius 3 is 2.34 bits per heavy atom. The molecule has 2 atom stereocenters. The molecule has 2 unspecified atom stereocenters. The number of aliphatic imine (C=N–C) groups is 1. The molecule has 1 aliphatic heterocycles. The molecule has 0 saturated carbocycles. The second kappa shape index (κ2) is 11.7.